The highest BCUT2D eigenvalue weighted by molar-refractivity contribution is 5.94. The Labute approximate surface area is 133 Å². The zero-order chi connectivity index (χ0) is 16.8. The fraction of sp³-hybridized carbons (Fsp3) is 0.235. The summed E-state index contributed by atoms with van der Waals surface area (Å²) in [7, 11) is 1.28. The van der Waals surface area contributed by atoms with Gasteiger partial charge in [0, 0.05) is 19.3 Å². The van der Waals surface area contributed by atoms with Gasteiger partial charge in [-0.15, -0.1) is 0 Å². The molecule has 1 heterocycles. The molecule has 0 N–H and O–H groups in total. The Hall–Kier alpha value is -2.76. The van der Waals surface area contributed by atoms with Crippen molar-refractivity contribution in [3.8, 4) is 0 Å². The van der Waals surface area contributed by atoms with Gasteiger partial charge in [-0.1, -0.05) is 12.1 Å². The molecule has 5 nitrogen and oxygen atoms in total. The Morgan fingerprint density at radius 1 is 1.26 bits per heavy atom. The number of amides is 1. The van der Waals surface area contributed by atoms with Gasteiger partial charge in [-0.25, -0.2) is 9.18 Å². The summed E-state index contributed by atoms with van der Waals surface area (Å²) in [6.45, 7) is 2.57. The topological polar surface area (TPSA) is 59.5 Å². The van der Waals surface area contributed by atoms with E-state index < -0.39 is 5.97 Å². The van der Waals surface area contributed by atoms with Gasteiger partial charge >= 0.3 is 5.97 Å². The predicted octanol–water partition coefficient (Wildman–Crippen LogP) is 2.67. The van der Waals surface area contributed by atoms with Crippen LogP contribution in [0.1, 0.15) is 33.3 Å². The summed E-state index contributed by atoms with van der Waals surface area (Å²) >= 11 is 0. The van der Waals surface area contributed by atoms with Crippen molar-refractivity contribution in [2.45, 2.75) is 13.5 Å². The number of hydrogen-bond donors (Lipinski definition) is 0. The summed E-state index contributed by atoms with van der Waals surface area (Å²) in [5.41, 5.74) is 1.19. The third-order valence-corrected chi connectivity index (χ3v) is 3.34. The second-order valence-corrected chi connectivity index (χ2v) is 4.87. The molecule has 6 heteroatoms. The SMILES string of the molecule is CCN(Cc1cccc(F)c1)C(=O)c1ccc(C(=O)OC)cn1. The second-order valence-electron chi connectivity index (χ2n) is 4.87. The fourth-order valence-electron chi connectivity index (χ4n) is 2.10. The number of carbonyl (C=O) groups is 2. The van der Waals surface area contributed by atoms with Crippen molar-refractivity contribution in [3.05, 3.63) is 65.2 Å². The maximum absolute atomic E-state index is 13.2. The molecule has 0 atom stereocenters. The van der Waals surface area contributed by atoms with Crippen molar-refractivity contribution in [1.29, 1.82) is 0 Å². The Morgan fingerprint density at radius 3 is 2.61 bits per heavy atom. The number of halogens is 1. The van der Waals surface area contributed by atoms with E-state index in [2.05, 4.69) is 9.72 Å². The molecule has 1 aromatic carbocycles. The lowest BCUT2D eigenvalue weighted by Gasteiger charge is -2.20. The highest BCUT2D eigenvalue weighted by Crippen LogP contribution is 2.11. The van der Waals surface area contributed by atoms with Crippen LogP contribution < -0.4 is 0 Å². The molecule has 0 saturated carbocycles. The number of carbonyl (C=O) groups excluding carboxylic acids is 2. The zero-order valence-electron chi connectivity index (χ0n) is 13.0. The molecule has 120 valence electrons. The summed E-state index contributed by atoms with van der Waals surface area (Å²) < 4.78 is 17.8. The molecular formula is C17H17FN2O3. The summed E-state index contributed by atoms with van der Waals surface area (Å²) in [6.07, 6.45) is 1.30. The van der Waals surface area contributed by atoms with E-state index >= 15 is 0 Å². The lowest BCUT2D eigenvalue weighted by atomic mass is 10.2. The minimum Gasteiger partial charge on any atom is -0.465 e. The summed E-state index contributed by atoms with van der Waals surface area (Å²) in [4.78, 5) is 29.4. The Morgan fingerprint density at radius 2 is 2.04 bits per heavy atom. The predicted molar refractivity (Wildman–Crippen MR) is 82.4 cm³/mol. The number of aromatic nitrogens is 1. The normalized spacial score (nSPS) is 10.2. The van der Waals surface area contributed by atoms with Crippen LogP contribution in [0.2, 0.25) is 0 Å². The molecule has 1 amide bonds. The van der Waals surface area contributed by atoms with E-state index in [1.165, 1.54) is 37.6 Å². The van der Waals surface area contributed by atoms with E-state index in [1.807, 2.05) is 6.92 Å². The van der Waals surface area contributed by atoms with Gasteiger partial charge < -0.3 is 9.64 Å². The number of hydrogen-bond acceptors (Lipinski definition) is 4. The first-order chi connectivity index (χ1) is 11.0. The number of benzene rings is 1. The van der Waals surface area contributed by atoms with Crippen LogP contribution >= 0.6 is 0 Å². The van der Waals surface area contributed by atoms with E-state index in [1.54, 1.807) is 17.0 Å². The molecule has 2 rings (SSSR count). The molecule has 0 bridgehead atoms. The average molecular weight is 316 g/mol. The molecule has 23 heavy (non-hydrogen) atoms. The Balaban J connectivity index is 2.14. The van der Waals surface area contributed by atoms with E-state index in [-0.39, 0.29) is 29.5 Å². The van der Waals surface area contributed by atoms with Crippen molar-refractivity contribution < 1.29 is 18.7 Å². The standard InChI is InChI=1S/C17H17FN2O3/c1-3-20(11-12-5-4-6-14(18)9-12)16(21)15-8-7-13(10-19-15)17(22)23-2/h4-10H,3,11H2,1-2H3. The minimum atomic E-state index is -0.511. The van der Waals surface area contributed by atoms with Crippen LogP contribution in [0.4, 0.5) is 4.39 Å². The van der Waals surface area contributed by atoms with Gasteiger partial charge in [0.2, 0.25) is 0 Å². The fourth-order valence-corrected chi connectivity index (χ4v) is 2.10. The van der Waals surface area contributed by atoms with Gasteiger partial charge in [-0.05, 0) is 36.8 Å². The molecule has 0 fully saturated rings. The molecule has 0 aliphatic carbocycles. The van der Waals surface area contributed by atoms with E-state index in [0.717, 1.165) is 0 Å². The monoisotopic (exact) mass is 316 g/mol. The molecule has 0 unspecified atom stereocenters. The largest absolute Gasteiger partial charge is 0.465 e. The second kappa shape index (κ2) is 7.49. The highest BCUT2D eigenvalue weighted by atomic mass is 19.1. The van der Waals surface area contributed by atoms with Crippen LogP contribution in [-0.4, -0.2) is 35.4 Å². The molecule has 2 aromatic rings. The van der Waals surface area contributed by atoms with Crippen LogP contribution in [0.3, 0.4) is 0 Å². The number of rotatable bonds is 5. The van der Waals surface area contributed by atoms with Crippen molar-refractivity contribution in [2.24, 2.45) is 0 Å². The van der Waals surface area contributed by atoms with Gasteiger partial charge in [-0.2, -0.15) is 0 Å². The van der Waals surface area contributed by atoms with Crippen LogP contribution in [0.25, 0.3) is 0 Å². The summed E-state index contributed by atoms with van der Waals surface area (Å²) in [5, 5.41) is 0. The van der Waals surface area contributed by atoms with Gasteiger partial charge in [0.1, 0.15) is 11.5 Å². The first kappa shape index (κ1) is 16.6. The van der Waals surface area contributed by atoms with Crippen molar-refractivity contribution in [1.82, 2.24) is 9.88 Å². The molecule has 0 aliphatic rings. The molecule has 0 spiro atoms. The first-order valence-electron chi connectivity index (χ1n) is 7.13. The van der Waals surface area contributed by atoms with E-state index in [4.69, 9.17) is 0 Å². The quantitative estimate of drug-likeness (QED) is 0.796. The first-order valence-corrected chi connectivity index (χ1v) is 7.13. The number of methoxy groups -OCH3 is 1. The maximum Gasteiger partial charge on any atom is 0.339 e. The van der Waals surface area contributed by atoms with E-state index in [9.17, 15) is 14.0 Å². The number of ether oxygens (including phenoxy) is 1. The lowest BCUT2D eigenvalue weighted by Crippen LogP contribution is -2.31. The van der Waals surface area contributed by atoms with Crippen molar-refractivity contribution >= 4 is 11.9 Å². The Kier molecular flexibility index (Phi) is 5.41. The van der Waals surface area contributed by atoms with Gasteiger partial charge in [0.05, 0.1) is 12.7 Å². The van der Waals surface area contributed by atoms with Gasteiger partial charge in [0.25, 0.3) is 5.91 Å². The van der Waals surface area contributed by atoms with Crippen molar-refractivity contribution in [3.63, 3.8) is 0 Å². The van der Waals surface area contributed by atoms with Crippen LogP contribution in [-0.2, 0) is 11.3 Å². The van der Waals surface area contributed by atoms with E-state index in [0.29, 0.717) is 12.1 Å². The molecular weight excluding hydrogens is 299 g/mol. The molecule has 0 radical (unpaired) electrons. The van der Waals surface area contributed by atoms with Crippen LogP contribution in [0.15, 0.2) is 42.6 Å². The van der Waals surface area contributed by atoms with Crippen LogP contribution in [0.5, 0.6) is 0 Å². The minimum absolute atomic E-state index is 0.218. The van der Waals surface area contributed by atoms with Gasteiger partial charge in [-0.3, -0.25) is 9.78 Å². The Bertz CT molecular complexity index is 701. The maximum atomic E-state index is 13.2. The third-order valence-electron chi connectivity index (χ3n) is 3.34. The molecule has 0 saturated heterocycles. The number of nitrogens with zero attached hydrogens (tertiary/aromatic N) is 2. The highest BCUT2D eigenvalue weighted by Gasteiger charge is 2.17. The summed E-state index contributed by atoms with van der Waals surface area (Å²) in [6, 6.07) is 9.07. The lowest BCUT2D eigenvalue weighted by molar-refractivity contribution is 0.0599. The number of pyridine rings is 1. The summed E-state index contributed by atoms with van der Waals surface area (Å²) in [5.74, 6) is -1.14. The van der Waals surface area contributed by atoms with Gasteiger partial charge in [0.15, 0.2) is 0 Å². The van der Waals surface area contributed by atoms with Crippen LogP contribution in [0, 0.1) is 5.82 Å². The zero-order valence-corrected chi connectivity index (χ0v) is 13.0. The molecule has 1 aromatic heterocycles. The average Bonchev–Trinajstić information content (AvgIpc) is 2.58. The van der Waals surface area contributed by atoms with Crippen molar-refractivity contribution in [2.75, 3.05) is 13.7 Å². The third kappa shape index (κ3) is 4.12. The number of esters is 1. The smallest absolute Gasteiger partial charge is 0.339 e. The molecule has 0 aliphatic heterocycles.